The van der Waals surface area contributed by atoms with E-state index in [1.54, 1.807) is 4.90 Å². The van der Waals surface area contributed by atoms with Crippen LogP contribution in [0.5, 0.6) is 0 Å². The summed E-state index contributed by atoms with van der Waals surface area (Å²) in [5.74, 6) is -1.03. The van der Waals surface area contributed by atoms with Crippen molar-refractivity contribution < 1.29 is 23.9 Å². The minimum absolute atomic E-state index is 0.0740. The van der Waals surface area contributed by atoms with Crippen molar-refractivity contribution in [2.75, 3.05) is 19.7 Å². The molecule has 32 heavy (non-hydrogen) atoms. The Morgan fingerprint density at radius 3 is 2.12 bits per heavy atom. The van der Waals surface area contributed by atoms with E-state index in [1.165, 1.54) is 0 Å². The first kappa shape index (κ1) is 24.7. The van der Waals surface area contributed by atoms with Gasteiger partial charge in [-0.05, 0) is 25.0 Å². The van der Waals surface area contributed by atoms with Gasteiger partial charge in [-0.1, -0.05) is 72.8 Å². The first-order chi connectivity index (χ1) is 15.4. The minimum Gasteiger partial charge on any atom is -0.454 e. The third-order valence-electron chi connectivity index (χ3n) is 4.61. The summed E-state index contributed by atoms with van der Waals surface area (Å²) in [5.41, 5.74) is 2.49. The second kappa shape index (κ2) is 12.9. The van der Waals surface area contributed by atoms with Crippen molar-refractivity contribution in [1.82, 2.24) is 10.2 Å². The van der Waals surface area contributed by atoms with Crippen molar-refractivity contribution in [2.45, 2.75) is 32.9 Å². The Hall–Kier alpha value is -3.61. The maximum atomic E-state index is 12.7. The fourth-order valence-corrected chi connectivity index (χ4v) is 2.98. The number of esters is 1. The molecular weight excluding hydrogens is 408 g/mol. The van der Waals surface area contributed by atoms with Crippen molar-refractivity contribution in [2.24, 2.45) is 0 Å². The van der Waals surface area contributed by atoms with Gasteiger partial charge in [0.2, 0.25) is 0 Å². The number of likely N-dealkylation sites (N-methyl/N-ethyl adjacent to an activating group) is 1. The molecule has 1 N–H and O–H groups in total. The average Bonchev–Trinajstić information content (AvgIpc) is 2.80. The molecule has 0 aromatic heterocycles. The van der Waals surface area contributed by atoms with Gasteiger partial charge in [0, 0.05) is 19.5 Å². The minimum atomic E-state index is -0.996. The lowest BCUT2D eigenvalue weighted by atomic mass is 10.1. The Labute approximate surface area is 189 Å². The number of amides is 2. The normalized spacial score (nSPS) is 11.2. The monoisotopic (exact) mass is 438 g/mol. The predicted octanol–water partition coefficient (Wildman–Crippen LogP) is 3.49. The molecule has 1 unspecified atom stereocenters. The van der Waals surface area contributed by atoms with Crippen molar-refractivity contribution in [1.29, 1.82) is 0 Å². The topological polar surface area (TPSA) is 84.9 Å². The van der Waals surface area contributed by atoms with Gasteiger partial charge in [-0.15, -0.1) is 0 Å². The van der Waals surface area contributed by atoms with Crippen LogP contribution in [0.15, 0.2) is 72.8 Å². The number of hydrogen-bond donors (Lipinski definition) is 1. The highest BCUT2D eigenvalue weighted by Crippen LogP contribution is 2.07. The lowest BCUT2D eigenvalue weighted by Crippen LogP contribution is -2.45. The van der Waals surface area contributed by atoms with Crippen LogP contribution in [-0.2, 0) is 32.1 Å². The van der Waals surface area contributed by atoms with Crippen LogP contribution in [0, 0.1) is 0 Å². The zero-order chi connectivity index (χ0) is 23.3. The van der Waals surface area contributed by atoms with Crippen molar-refractivity contribution >= 4 is 18.0 Å². The average molecular weight is 439 g/mol. The van der Waals surface area contributed by atoms with Gasteiger partial charge in [0.15, 0.2) is 6.61 Å². The van der Waals surface area contributed by atoms with Crippen molar-refractivity contribution in [3.8, 4) is 0 Å². The van der Waals surface area contributed by atoms with Gasteiger partial charge in [-0.25, -0.2) is 9.59 Å². The lowest BCUT2D eigenvalue weighted by Gasteiger charge is -2.22. The maximum Gasteiger partial charge on any atom is 0.408 e. The van der Waals surface area contributed by atoms with Gasteiger partial charge in [0.25, 0.3) is 5.91 Å². The summed E-state index contributed by atoms with van der Waals surface area (Å²) in [6.07, 6.45) is -0.534. The molecule has 0 radical (unpaired) electrons. The number of nitrogens with zero attached hydrogens (tertiary/aromatic N) is 1. The Morgan fingerprint density at radius 2 is 1.56 bits per heavy atom. The second-order valence-corrected chi connectivity index (χ2v) is 7.42. The lowest BCUT2D eigenvalue weighted by molar-refractivity contribution is -0.153. The van der Waals surface area contributed by atoms with Crippen molar-refractivity contribution in [3.63, 3.8) is 0 Å². The predicted molar refractivity (Wildman–Crippen MR) is 122 cm³/mol. The summed E-state index contributed by atoms with van der Waals surface area (Å²) in [7, 11) is 0. The Kier molecular flexibility index (Phi) is 9.97. The smallest absolute Gasteiger partial charge is 0.408 e. The third kappa shape index (κ3) is 8.63. The first-order valence-corrected chi connectivity index (χ1v) is 10.5. The molecule has 0 aliphatic rings. The standard InChI is InChI=1S/C25H30N2O5/c1-4-27(16-19(2)3)23(28)18-31-24(29)22(15-20-11-7-5-8-12-20)26-25(30)32-17-21-13-9-6-10-14-21/h5-14,22H,2,4,15-18H2,1,3H3,(H,26,30). The van der Waals surface area contributed by atoms with Crippen LogP contribution >= 0.6 is 0 Å². The molecule has 7 heteroatoms. The van der Waals surface area contributed by atoms with E-state index >= 15 is 0 Å². The number of ether oxygens (including phenoxy) is 2. The van der Waals surface area contributed by atoms with Crippen LogP contribution in [0.2, 0.25) is 0 Å². The van der Waals surface area contributed by atoms with Gasteiger partial charge in [0.1, 0.15) is 12.6 Å². The molecular formula is C25H30N2O5. The Morgan fingerprint density at radius 1 is 0.969 bits per heavy atom. The molecule has 0 heterocycles. The molecule has 2 aromatic carbocycles. The summed E-state index contributed by atoms with van der Waals surface area (Å²) in [6.45, 7) is 7.99. The summed E-state index contributed by atoms with van der Waals surface area (Å²) in [5, 5.41) is 2.56. The number of carbonyl (C=O) groups is 3. The molecule has 170 valence electrons. The van der Waals surface area contributed by atoms with E-state index in [9.17, 15) is 14.4 Å². The second-order valence-electron chi connectivity index (χ2n) is 7.42. The van der Waals surface area contributed by atoms with E-state index < -0.39 is 24.7 Å². The number of alkyl carbamates (subject to hydrolysis) is 1. The van der Waals surface area contributed by atoms with Gasteiger partial charge in [-0.3, -0.25) is 4.79 Å². The largest absolute Gasteiger partial charge is 0.454 e. The summed E-state index contributed by atoms with van der Waals surface area (Å²) in [6, 6.07) is 17.4. The van der Waals surface area contributed by atoms with Crippen molar-refractivity contribution in [3.05, 3.63) is 83.9 Å². The van der Waals surface area contributed by atoms with Crippen LogP contribution in [0.4, 0.5) is 4.79 Å². The highest BCUT2D eigenvalue weighted by molar-refractivity contribution is 5.85. The molecule has 7 nitrogen and oxygen atoms in total. The van der Waals surface area contributed by atoms with Gasteiger partial charge < -0.3 is 19.7 Å². The summed E-state index contributed by atoms with van der Waals surface area (Å²) < 4.78 is 10.5. The molecule has 2 amide bonds. The molecule has 0 saturated carbocycles. The van der Waals surface area contributed by atoms with Crippen LogP contribution in [0.1, 0.15) is 25.0 Å². The number of nitrogens with one attached hydrogen (secondary N) is 1. The molecule has 2 aromatic rings. The van der Waals surface area contributed by atoms with E-state index in [2.05, 4.69) is 11.9 Å². The molecule has 0 fully saturated rings. The highest BCUT2D eigenvalue weighted by atomic mass is 16.6. The van der Waals surface area contributed by atoms with E-state index in [0.29, 0.717) is 13.1 Å². The maximum absolute atomic E-state index is 12.7. The van der Waals surface area contributed by atoms with Gasteiger partial charge >= 0.3 is 12.1 Å². The number of rotatable bonds is 11. The molecule has 0 bridgehead atoms. The Balaban J connectivity index is 1.98. The molecule has 2 rings (SSSR count). The van der Waals surface area contributed by atoms with E-state index in [0.717, 1.165) is 16.7 Å². The first-order valence-electron chi connectivity index (χ1n) is 10.5. The van der Waals surface area contributed by atoms with Crippen LogP contribution < -0.4 is 5.32 Å². The SMILES string of the molecule is C=C(C)CN(CC)C(=O)COC(=O)C(Cc1ccccc1)NC(=O)OCc1ccccc1. The molecule has 0 aliphatic carbocycles. The van der Waals surface area contributed by atoms with Gasteiger partial charge in [0.05, 0.1) is 0 Å². The number of benzene rings is 2. The third-order valence-corrected chi connectivity index (χ3v) is 4.61. The van der Waals surface area contributed by atoms with E-state index in [-0.39, 0.29) is 18.9 Å². The van der Waals surface area contributed by atoms with E-state index in [1.807, 2.05) is 74.5 Å². The summed E-state index contributed by atoms with van der Waals surface area (Å²) in [4.78, 5) is 38.9. The molecule has 0 saturated heterocycles. The quantitative estimate of drug-likeness (QED) is 0.429. The zero-order valence-corrected chi connectivity index (χ0v) is 18.6. The number of hydrogen-bond acceptors (Lipinski definition) is 5. The number of carbonyl (C=O) groups excluding carboxylic acids is 3. The Bertz CT molecular complexity index is 899. The fourth-order valence-electron chi connectivity index (χ4n) is 2.98. The zero-order valence-electron chi connectivity index (χ0n) is 18.6. The molecule has 0 spiro atoms. The van der Waals surface area contributed by atoms with Crippen LogP contribution in [0.3, 0.4) is 0 Å². The summed E-state index contributed by atoms with van der Waals surface area (Å²) >= 11 is 0. The fraction of sp³-hybridized carbons (Fsp3) is 0.320. The molecule has 1 atom stereocenters. The van der Waals surface area contributed by atoms with Crippen LogP contribution in [0.25, 0.3) is 0 Å². The highest BCUT2D eigenvalue weighted by Gasteiger charge is 2.25. The van der Waals surface area contributed by atoms with Crippen LogP contribution in [-0.4, -0.2) is 48.6 Å². The molecule has 0 aliphatic heterocycles. The van der Waals surface area contributed by atoms with Gasteiger partial charge in [-0.2, -0.15) is 0 Å². The van der Waals surface area contributed by atoms with E-state index in [4.69, 9.17) is 9.47 Å².